The molecule has 0 aliphatic heterocycles. The van der Waals surface area contributed by atoms with Crippen LogP contribution in [-0.4, -0.2) is 42.3 Å². The summed E-state index contributed by atoms with van der Waals surface area (Å²) < 4.78 is 53.2. The third-order valence-corrected chi connectivity index (χ3v) is 7.63. The highest BCUT2D eigenvalue weighted by atomic mass is 35.5. The topological polar surface area (TPSA) is 41.9 Å². The SMILES string of the molecule is C/C=C(C)/C=C/c1cccc(-c2cccc(/C=C/c3cc(CN(CCO)COCOC(C)(C)C)ccc3C(F)(F)F)c2Cl)c1C. The van der Waals surface area contributed by atoms with Crippen LogP contribution in [0.25, 0.3) is 29.4 Å². The molecule has 1 N–H and O–H groups in total. The van der Waals surface area contributed by atoms with Crippen LogP contribution in [0.4, 0.5) is 13.2 Å². The van der Waals surface area contributed by atoms with Gasteiger partial charge in [-0.2, -0.15) is 13.2 Å². The third kappa shape index (κ3) is 11.0. The van der Waals surface area contributed by atoms with Crippen molar-refractivity contribution in [3.8, 4) is 11.1 Å². The fourth-order valence-corrected chi connectivity index (χ4v) is 4.88. The van der Waals surface area contributed by atoms with Crippen LogP contribution in [0.15, 0.2) is 72.3 Å². The van der Waals surface area contributed by atoms with Gasteiger partial charge in [0.1, 0.15) is 13.5 Å². The van der Waals surface area contributed by atoms with Gasteiger partial charge in [-0.05, 0) is 87.1 Å². The molecule has 3 aromatic carbocycles. The van der Waals surface area contributed by atoms with E-state index < -0.39 is 11.7 Å². The summed E-state index contributed by atoms with van der Waals surface area (Å²) in [5, 5.41) is 9.99. The number of allylic oxidation sites excluding steroid dienone is 3. The van der Waals surface area contributed by atoms with Crippen LogP contribution in [0.2, 0.25) is 5.02 Å². The van der Waals surface area contributed by atoms with Gasteiger partial charge >= 0.3 is 6.18 Å². The number of ether oxygens (including phenoxy) is 2. The summed E-state index contributed by atoms with van der Waals surface area (Å²) in [7, 11) is 0. The average Bonchev–Trinajstić information content (AvgIpc) is 2.97. The Kier molecular flexibility index (Phi) is 13.2. The van der Waals surface area contributed by atoms with Crippen molar-refractivity contribution in [3.05, 3.63) is 111 Å². The van der Waals surface area contributed by atoms with Crippen LogP contribution < -0.4 is 0 Å². The molecule has 0 aliphatic carbocycles. The van der Waals surface area contributed by atoms with Crippen LogP contribution in [0.1, 0.15) is 68.0 Å². The van der Waals surface area contributed by atoms with Gasteiger partial charge in [0.15, 0.2) is 0 Å². The molecule has 0 spiro atoms. The normalized spacial score (nSPS) is 13.1. The fourth-order valence-electron chi connectivity index (χ4n) is 4.59. The lowest BCUT2D eigenvalue weighted by molar-refractivity contribution is -0.143. The van der Waals surface area contributed by atoms with Crippen LogP contribution in [0.5, 0.6) is 0 Å². The van der Waals surface area contributed by atoms with E-state index in [1.54, 1.807) is 17.0 Å². The molecule has 4 nitrogen and oxygen atoms in total. The second-order valence-electron chi connectivity index (χ2n) is 11.8. The first-order valence-electron chi connectivity index (χ1n) is 14.9. The molecular formula is C37H43ClF3NO3. The van der Waals surface area contributed by atoms with Crippen molar-refractivity contribution in [1.82, 2.24) is 4.90 Å². The van der Waals surface area contributed by atoms with E-state index in [0.29, 0.717) is 16.1 Å². The number of rotatable bonds is 13. The van der Waals surface area contributed by atoms with E-state index in [1.807, 2.05) is 78.0 Å². The quantitative estimate of drug-likeness (QED) is 0.0873. The first-order chi connectivity index (χ1) is 21.2. The molecule has 8 heteroatoms. The molecule has 3 rings (SSSR count). The number of nitrogens with zero attached hydrogens (tertiary/aromatic N) is 1. The fraction of sp³-hybridized carbons (Fsp3) is 0.351. The largest absolute Gasteiger partial charge is 0.416 e. The van der Waals surface area contributed by atoms with Gasteiger partial charge in [-0.1, -0.05) is 90.0 Å². The molecule has 45 heavy (non-hydrogen) atoms. The number of aliphatic hydroxyl groups is 1. The van der Waals surface area contributed by atoms with Crippen LogP contribution >= 0.6 is 11.6 Å². The molecule has 0 aromatic heterocycles. The molecule has 242 valence electrons. The van der Waals surface area contributed by atoms with Gasteiger partial charge in [-0.25, -0.2) is 0 Å². The monoisotopic (exact) mass is 641 g/mol. The van der Waals surface area contributed by atoms with Crippen LogP contribution in [-0.2, 0) is 22.2 Å². The van der Waals surface area contributed by atoms with E-state index in [-0.39, 0.29) is 44.4 Å². The maximum atomic E-state index is 14.0. The molecule has 3 aromatic rings. The molecule has 0 atom stereocenters. The van der Waals surface area contributed by atoms with Crippen molar-refractivity contribution >= 4 is 29.8 Å². The van der Waals surface area contributed by atoms with Gasteiger partial charge in [0.2, 0.25) is 0 Å². The number of aliphatic hydroxyl groups excluding tert-OH is 1. The Morgan fingerprint density at radius 1 is 0.933 bits per heavy atom. The smallest absolute Gasteiger partial charge is 0.395 e. The molecule has 0 unspecified atom stereocenters. The second-order valence-corrected chi connectivity index (χ2v) is 12.2. The number of alkyl halides is 3. The molecule has 0 fully saturated rings. The minimum absolute atomic E-state index is 0.0186. The van der Waals surface area contributed by atoms with Crippen molar-refractivity contribution < 1.29 is 27.8 Å². The zero-order valence-corrected chi connectivity index (χ0v) is 27.6. The zero-order valence-electron chi connectivity index (χ0n) is 26.8. The summed E-state index contributed by atoms with van der Waals surface area (Å²) in [6.07, 6.45) is 4.67. The Bertz CT molecular complexity index is 1520. The van der Waals surface area contributed by atoms with Crippen molar-refractivity contribution in [2.45, 2.75) is 59.9 Å². The number of benzene rings is 3. The predicted octanol–water partition coefficient (Wildman–Crippen LogP) is 10.0. The standard InChI is InChI=1S/C37H43ClF3NO3/c1-7-26(2)14-16-29-10-8-12-32(27(29)3)33-13-9-11-30(35(33)38)17-18-31-22-28(15-19-34(31)37(39,40)41)23-42(20-21-43)24-44-25-45-36(4,5)6/h7-19,22,43H,20-21,23-25H2,1-6H3/b16-14+,18-17+,26-7+. The highest BCUT2D eigenvalue weighted by molar-refractivity contribution is 6.35. The maximum absolute atomic E-state index is 14.0. The summed E-state index contributed by atoms with van der Waals surface area (Å²) in [6.45, 7) is 12.4. The molecular weight excluding hydrogens is 599 g/mol. The van der Waals surface area contributed by atoms with Crippen LogP contribution in [0.3, 0.4) is 0 Å². The lowest BCUT2D eigenvalue weighted by Crippen LogP contribution is -2.31. The first-order valence-corrected chi connectivity index (χ1v) is 15.2. The Hall–Kier alpha value is -3.20. The van der Waals surface area contributed by atoms with Crippen molar-refractivity contribution in [2.75, 3.05) is 26.7 Å². The summed E-state index contributed by atoms with van der Waals surface area (Å²) >= 11 is 6.88. The van der Waals surface area contributed by atoms with Crippen molar-refractivity contribution in [1.29, 1.82) is 0 Å². The predicted molar refractivity (Wildman–Crippen MR) is 180 cm³/mol. The van der Waals surface area contributed by atoms with Crippen molar-refractivity contribution in [3.63, 3.8) is 0 Å². The zero-order chi connectivity index (χ0) is 33.2. The molecule has 0 radical (unpaired) electrons. The third-order valence-electron chi connectivity index (χ3n) is 7.21. The average molecular weight is 642 g/mol. The highest BCUT2D eigenvalue weighted by Gasteiger charge is 2.32. The van der Waals surface area contributed by atoms with Gasteiger partial charge in [0.25, 0.3) is 0 Å². The Labute approximate surface area is 270 Å². The maximum Gasteiger partial charge on any atom is 0.416 e. The lowest BCUT2D eigenvalue weighted by atomic mass is 9.94. The molecule has 0 amide bonds. The minimum atomic E-state index is -4.54. The summed E-state index contributed by atoms with van der Waals surface area (Å²) in [4.78, 5) is 1.80. The Morgan fingerprint density at radius 2 is 1.60 bits per heavy atom. The van der Waals surface area contributed by atoms with Gasteiger partial charge in [0.05, 0.1) is 22.8 Å². The van der Waals surface area contributed by atoms with E-state index in [2.05, 4.69) is 12.2 Å². The summed E-state index contributed by atoms with van der Waals surface area (Å²) in [6, 6.07) is 15.6. The molecule has 0 saturated carbocycles. The van der Waals surface area contributed by atoms with E-state index in [9.17, 15) is 18.3 Å². The van der Waals surface area contributed by atoms with Gasteiger partial charge in [0, 0.05) is 18.7 Å². The van der Waals surface area contributed by atoms with E-state index in [1.165, 1.54) is 18.2 Å². The molecule has 0 heterocycles. The van der Waals surface area contributed by atoms with Crippen molar-refractivity contribution in [2.24, 2.45) is 0 Å². The summed E-state index contributed by atoms with van der Waals surface area (Å²) in [5.41, 5.74) is 5.15. The van der Waals surface area contributed by atoms with Gasteiger partial charge in [-0.3, -0.25) is 4.90 Å². The molecule has 0 bridgehead atoms. The Balaban J connectivity index is 1.92. The lowest BCUT2D eigenvalue weighted by Gasteiger charge is -2.24. The number of hydrogen-bond acceptors (Lipinski definition) is 4. The summed E-state index contributed by atoms with van der Waals surface area (Å²) in [5.74, 6) is 0. The minimum Gasteiger partial charge on any atom is -0.395 e. The molecule has 0 aliphatic rings. The number of halogens is 4. The van der Waals surface area contributed by atoms with E-state index in [0.717, 1.165) is 33.9 Å². The van der Waals surface area contributed by atoms with E-state index in [4.69, 9.17) is 21.1 Å². The van der Waals surface area contributed by atoms with Gasteiger partial charge < -0.3 is 14.6 Å². The highest BCUT2D eigenvalue weighted by Crippen LogP contribution is 2.37. The van der Waals surface area contributed by atoms with Gasteiger partial charge in [-0.15, -0.1) is 0 Å². The van der Waals surface area contributed by atoms with Crippen LogP contribution in [0, 0.1) is 6.92 Å². The Morgan fingerprint density at radius 3 is 2.24 bits per heavy atom. The number of hydrogen-bond donors (Lipinski definition) is 1. The molecule has 0 saturated heterocycles. The van der Waals surface area contributed by atoms with E-state index >= 15 is 0 Å². The second kappa shape index (κ2) is 16.4. The first kappa shape index (κ1) is 36.3.